The molecule has 1 aromatic heterocycles. The predicted octanol–water partition coefficient (Wildman–Crippen LogP) is 1.38. The predicted molar refractivity (Wildman–Crippen MR) is 54.4 cm³/mol. The maximum absolute atomic E-state index is 10.5. The van der Waals surface area contributed by atoms with Gasteiger partial charge in [-0.1, -0.05) is 0 Å². The van der Waals surface area contributed by atoms with Crippen molar-refractivity contribution in [2.24, 2.45) is 0 Å². The van der Waals surface area contributed by atoms with Gasteiger partial charge in [0, 0.05) is 19.3 Å². The first-order valence-electron chi connectivity index (χ1n) is 4.46. The van der Waals surface area contributed by atoms with Gasteiger partial charge in [0.1, 0.15) is 0 Å². The lowest BCUT2D eigenvalue weighted by atomic mass is 10.2. The molecular weight excluding hydrogens is 180 g/mol. The van der Waals surface area contributed by atoms with E-state index in [1.807, 2.05) is 31.0 Å². The van der Waals surface area contributed by atoms with Crippen LogP contribution in [0.4, 0.5) is 5.69 Å². The molecule has 1 heterocycles. The van der Waals surface area contributed by atoms with Gasteiger partial charge in [0.25, 0.3) is 0 Å². The molecule has 1 rings (SSSR count). The summed E-state index contributed by atoms with van der Waals surface area (Å²) in [5.74, 6) is -0.784. The SMILES string of the molecule is CC(CC(=O)O)N(C)c1cccnc1. The number of hydrogen-bond donors (Lipinski definition) is 1. The van der Waals surface area contributed by atoms with Crippen molar-refractivity contribution in [1.82, 2.24) is 4.98 Å². The number of aromatic nitrogens is 1. The minimum absolute atomic E-state index is 0.0308. The Balaban J connectivity index is 2.65. The monoisotopic (exact) mass is 194 g/mol. The summed E-state index contributed by atoms with van der Waals surface area (Å²) in [5, 5.41) is 8.64. The number of carboxylic acids is 1. The highest BCUT2D eigenvalue weighted by Gasteiger charge is 2.13. The molecule has 76 valence electrons. The standard InChI is InChI=1S/C10H14N2O2/c1-8(6-10(13)14)12(2)9-4-3-5-11-7-9/h3-5,7-8H,6H2,1-2H3,(H,13,14). The summed E-state index contributed by atoms with van der Waals surface area (Å²) >= 11 is 0. The van der Waals surface area contributed by atoms with E-state index in [0.717, 1.165) is 5.69 Å². The average molecular weight is 194 g/mol. The van der Waals surface area contributed by atoms with Crippen LogP contribution in [0.5, 0.6) is 0 Å². The zero-order valence-corrected chi connectivity index (χ0v) is 8.34. The third-order valence-corrected chi connectivity index (χ3v) is 2.18. The van der Waals surface area contributed by atoms with Crippen molar-refractivity contribution in [3.05, 3.63) is 24.5 Å². The van der Waals surface area contributed by atoms with E-state index < -0.39 is 5.97 Å². The topological polar surface area (TPSA) is 53.4 Å². The number of aliphatic carboxylic acids is 1. The molecule has 0 saturated heterocycles. The van der Waals surface area contributed by atoms with Gasteiger partial charge in [0.2, 0.25) is 0 Å². The molecule has 0 aliphatic carbocycles. The lowest BCUT2D eigenvalue weighted by molar-refractivity contribution is -0.137. The third-order valence-electron chi connectivity index (χ3n) is 2.18. The third kappa shape index (κ3) is 2.73. The number of hydrogen-bond acceptors (Lipinski definition) is 3. The van der Waals surface area contributed by atoms with Crippen LogP contribution >= 0.6 is 0 Å². The fourth-order valence-electron chi connectivity index (χ4n) is 1.21. The molecule has 4 nitrogen and oxygen atoms in total. The van der Waals surface area contributed by atoms with Crippen LogP contribution < -0.4 is 4.90 Å². The Kier molecular flexibility index (Phi) is 3.45. The molecule has 0 aliphatic heterocycles. The summed E-state index contributed by atoms with van der Waals surface area (Å²) in [6.45, 7) is 1.88. The molecule has 0 amide bonds. The van der Waals surface area contributed by atoms with E-state index in [-0.39, 0.29) is 12.5 Å². The first-order chi connectivity index (χ1) is 6.61. The van der Waals surface area contributed by atoms with Crippen molar-refractivity contribution in [1.29, 1.82) is 0 Å². The van der Waals surface area contributed by atoms with Gasteiger partial charge in [-0.15, -0.1) is 0 Å². The fourth-order valence-corrected chi connectivity index (χ4v) is 1.21. The first-order valence-corrected chi connectivity index (χ1v) is 4.46. The molecule has 1 atom stereocenters. The van der Waals surface area contributed by atoms with Crippen molar-refractivity contribution in [2.45, 2.75) is 19.4 Å². The number of anilines is 1. The summed E-state index contributed by atoms with van der Waals surface area (Å²) in [6.07, 6.45) is 3.54. The maximum Gasteiger partial charge on any atom is 0.305 e. The number of carboxylic acid groups (broad SMARTS) is 1. The summed E-state index contributed by atoms with van der Waals surface area (Å²) < 4.78 is 0. The van der Waals surface area contributed by atoms with Crippen LogP contribution in [-0.2, 0) is 4.79 Å². The second-order valence-corrected chi connectivity index (χ2v) is 3.27. The Morgan fingerprint density at radius 2 is 2.43 bits per heavy atom. The highest BCUT2D eigenvalue weighted by atomic mass is 16.4. The van der Waals surface area contributed by atoms with Crippen LogP contribution in [0.1, 0.15) is 13.3 Å². The van der Waals surface area contributed by atoms with Crippen molar-refractivity contribution < 1.29 is 9.90 Å². The van der Waals surface area contributed by atoms with Gasteiger partial charge >= 0.3 is 5.97 Å². The van der Waals surface area contributed by atoms with Crippen molar-refractivity contribution in [3.63, 3.8) is 0 Å². The van der Waals surface area contributed by atoms with Crippen LogP contribution in [-0.4, -0.2) is 29.1 Å². The second-order valence-electron chi connectivity index (χ2n) is 3.27. The molecule has 14 heavy (non-hydrogen) atoms. The Bertz CT molecular complexity index is 300. The van der Waals surface area contributed by atoms with Gasteiger partial charge < -0.3 is 10.0 Å². The molecule has 4 heteroatoms. The number of pyridine rings is 1. The van der Waals surface area contributed by atoms with Crippen LogP contribution in [0, 0.1) is 0 Å². The van der Waals surface area contributed by atoms with E-state index >= 15 is 0 Å². The molecule has 0 fully saturated rings. The average Bonchev–Trinajstić information content (AvgIpc) is 2.17. The Hall–Kier alpha value is -1.58. The highest BCUT2D eigenvalue weighted by molar-refractivity contribution is 5.68. The van der Waals surface area contributed by atoms with E-state index in [0.29, 0.717) is 0 Å². The molecule has 0 bridgehead atoms. The van der Waals surface area contributed by atoms with E-state index in [2.05, 4.69) is 4.98 Å². The number of rotatable bonds is 4. The number of carbonyl (C=O) groups is 1. The summed E-state index contributed by atoms with van der Waals surface area (Å²) in [6, 6.07) is 3.71. The molecule has 0 aromatic carbocycles. The van der Waals surface area contributed by atoms with Crippen molar-refractivity contribution in [3.8, 4) is 0 Å². The van der Waals surface area contributed by atoms with Crippen LogP contribution in [0.3, 0.4) is 0 Å². The molecular formula is C10H14N2O2. The van der Waals surface area contributed by atoms with Gasteiger partial charge in [0.05, 0.1) is 18.3 Å². The molecule has 1 unspecified atom stereocenters. The molecule has 0 saturated carbocycles. The Morgan fingerprint density at radius 3 is 2.93 bits per heavy atom. The molecule has 1 aromatic rings. The summed E-state index contributed by atoms with van der Waals surface area (Å²) in [7, 11) is 1.87. The molecule has 0 aliphatic rings. The highest BCUT2D eigenvalue weighted by Crippen LogP contribution is 2.14. The second kappa shape index (κ2) is 4.60. The van der Waals surface area contributed by atoms with E-state index in [1.165, 1.54) is 0 Å². The van der Waals surface area contributed by atoms with Crippen LogP contribution in [0.15, 0.2) is 24.5 Å². The maximum atomic E-state index is 10.5. The van der Waals surface area contributed by atoms with E-state index in [9.17, 15) is 4.79 Å². The van der Waals surface area contributed by atoms with Crippen molar-refractivity contribution in [2.75, 3.05) is 11.9 Å². The lowest BCUT2D eigenvalue weighted by Gasteiger charge is -2.25. The molecule has 0 radical (unpaired) electrons. The van der Waals surface area contributed by atoms with Crippen LogP contribution in [0.25, 0.3) is 0 Å². The van der Waals surface area contributed by atoms with E-state index in [4.69, 9.17) is 5.11 Å². The van der Waals surface area contributed by atoms with Gasteiger partial charge in [-0.2, -0.15) is 0 Å². The Labute approximate surface area is 83.2 Å². The largest absolute Gasteiger partial charge is 0.481 e. The normalized spacial score (nSPS) is 12.1. The van der Waals surface area contributed by atoms with Gasteiger partial charge in [0.15, 0.2) is 0 Å². The van der Waals surface area contributed by atoms with Gasteiger partial charge in [-0.3, -0.25) is 9.78 Å². The lowest BCUT2D eigenvalue weighted by Crippen LogP contribution is -2.30. The minimum atomic E-state index is -0.784. The quantitative estimate of drug-likeness (QED) is 0.786. The minimum Gasteiger partial charge on any atom is -0.481 e. The zero-order chi connectivity index (χ0) is 10.6. The van der Waals surface area contributed by atoms with Crippen molar-refractivity contribution >= 4 is 11.7 Å². The fraction of sp³-hybridized carbons (Fsp3) is 0.400. The smallest absolute Gasteiger partial charge is 0.305 e. The summed E-state index contributed by atoms with van der Waals surface area (Å²) in [5.41, 5.74) is 0.932. The first kappa shape index (κ1) is 10.5. The van der Waals surface area contributed by atoms with Gasteiger partial charge in [-0.25, -0.2) is 0 Å². The molecule has 1 N–H and O–H groups in total. The van der Waals surface area contributed by atoms with Crippen LogP contribution in [0.2, 0.25) is 0 Å². The van der Waals surface area contributed by atoms with Gasteiger partial charge in [-0.05, 0) is 19.1 Å². The molecule has 0 spiro atoms. The Morgan fingerprint density at radius 1 is 1.71 bits per heavy atom. The van der Waals surface area contributed by atoms with E-state index in [1.54, 1.807) is 12.4 Å². The summed E-state index contributed by atoms with van der Waals surface area (Å²) in [4.78, 5) is 16.4. The number of nitrogens with zero attached hydrogens (tertiary/aromatic N) is 2. The zero-order valence-electron chi connectivity index (χ0n) is 8.34.